The van der Waals surface area contributed by atoms with Crippen LogP contribution in [0.2, 0.25) is 0 Å². The maximum Gasteiger partial charge on any atom is 0.387 e. The Morgan fingerprint density at radius 2 is 1.50 bits per heavy atom. The zero-order chi connectivity index (χ0) is 24.9. The molecule has 0 spiro atoms. The van der Waals surface area contributed by atoms with E-state index in [9.17, 15) is 26.8 Å². The average Bonchev–Trinajstić information content (AvgIpc) is 2.79. The first-order valence-electron chi connectivity index (χ1n) is 9.91. The van der Waals surface area contributed by atoms with E-state index in [0.29, 0.717) is 5.69 Å². The molecule has 3 N–H and O–H groups in total. The number of alkyl halides is 2. The van der Waals surface area contributed by atoms with Crippen LogP contribution in [-0.4, -0.2) is 26.8 Å². The SMILES string of the molecule is Cc1ccc(NS(=O)(=O)c2cccc(C(=O)NNC(=O)c3ccc(OC(F)F)cc3)c2)c(C)c1. The van der Waals surface area contributed by atoms with Crippen molar-refractivity contribution in [2.45, 2.75) is 25.4 Å². The highest BCUT2D eigenvalue weighted by atomic mass is 32.2. The first-order valence-corrected chi connectivity index (χ1v) is 11.4. The van der Waals surface area contributed by atoms with Crippen molar-refractivity contribution in [2.75, 3.05) is 4.72 Å². The molecule has 0 aromatic heterocycles. The fourth-order valence-corrected chi connectivity index (χ4v) is 4.16. The summed E-state index contributed by atoms with van der Waals surface area (Å²) in [6.07, 6.45) is 0. The van der Waals surface area contributed by atoms with Gasteiger partial charge >= 0.3 is 6.61 Å². The van der Waals surface area contributed by atoms with Gasteiger partial charge in [0.15, 0.2) is 0 Å². The number of carbonyl (C=O) groups excluding carboxylic acids is 2. The monoisotopic (exact) mass is 489 g/mol. The largest absolute Gasteiger partial charge is 0.435 e. The zero-order valence-corrected chi connectivity index (χ0v) is 19.0. The molecule has 0 radical (unpaired) electrons. The van der Waals surface area contributed by atoms with Gasteiger partial charge in [-0.1, -0.05) is 23.8 Å². The normalized spacial score (nSPS) is 11.1. The van der Waals surface area contributed by atoms with E-state index in [2.05, 4.69) is 20.3 Å². The van der Waals surface area contributed by atoms with Crippen molar-refractivity contribution >= 4 is 27.5 Å². The summed E-state index contributed by atoms with van der Waals surface area (Å²) in [5.41, 5.74) is 6.57. The van der Waals surface area contributed by atoms with E-state index in [0.717, 1.165) is 11.1 Å². The van der Waals surface area contributed by atoms with Crippen LogP contribution in [0.1, 0.15) is 31.8 Å². The van der Waals surface area contributed by atoms with E-state index >= 15 is 0 Å². The molecule has 0 saturated carbocycles. The number of halogens is 2. The molecule has 0 aliphatic carbocycles. The summed E-state index contributed by atoms with van der Waals surface area (Å²) < 4.78 is 56.7. The first kappa shape index (κ1) is 24.6. The molecule has 0 saturated heterocycles. The predicted octanol–water partition coefficient (Wildman–Crippen LogP) is 3.78. The van der Waals surface area contributed by atoms with Gasteiger partial charge in [0.1, 0.15) is 5.75 Å². The first-order chi connectivity index (χ1) is 16.0. The van der Waals surface area contributed by atoms with Crippen LogP contribution in [0.25, 0.3) is 0 Å². The van der Waals surface area contributed by atoms with E-state index in [-0.39, 0.29) is 21.8 Å². The lowest BCUT2D eigenvalue weighted by Gasteiger charge is -2.12. The Bertz CT molecular complexity index is 1310. The van der Waals surface area contributed by atoms with Gasteiger partial charge in [0.25, 0.3) is 21.8 Å². The quantitative estimate of drug-likeness (QED) is 0.437. The lowest BCUT2D eigenvalue weighted by atomic mass is 10.1. The number of benzene rings is 3. The van der Waals surface area contributed by atoms with Crippen LogP contribution in [0.5, 0.6) is 5.75 Å². The zero-order valence-electron chi connectivity index (χ0n) is 18.1. The molecule has 0 aliphatic heterocycles. The van der Waals surface area contributed by atoms with Crippen LogP contribution in [-0.2, 0) is 10.0 Å². The van der Waals surface area contributed by atoms with Crippen LogP contribution in [0.3, 0.4) is 0 Å². The molecule has 178 valence electrons. The third-order valence-electron chi connectivity index (χ3n) is 4.66. The number of carbonyl (C=O) groups is 2. The Balaban J connectivity index is 1.66. The summed E-state index contributed by atoms with van der Waals surface area (Å²) in [6, 6.07) is 15.4. The lowest BCUT2D eigenvalue weighted by molar-refractivity contribution is -0.0498. The van der Waals surface area contributed by atoms with E-state index in [1.165, 1.54) is 48.5 Å². The van der Waals surface area contributed by atoms with Crippen LogP contribution < -0.4 is 20.3 Å². The summed E-state index contributed by atoms with van der Waals surface area (Å²) in [4.78, 5) is 24.5. The minimum Gasteiger partial charge on any atom is -0.435 e. The van der Waals surface area contributed by atoms with Crippen molar-refractivity contribution in [3.05, 3.63) is 89.0 Å². The molecule has 0 heterocycles. The molecule has 0 atom stereocenters. The minimum absolute atomic E-state index is 0.00974. The van der Waals surface area contributed by atoms with Crippen LogP contribution in [0.15, 0.2) is 71.6 Å². The van der Waals surface area contributed by atoms with E-state index < -0.39 is 28.4 Å². The molecular weight excluding hydrogens is 468 g/mol. The molecule has 3 aromatic rings. The van der Waals surface area contributed by atoms with Crippen molar-refractivity contribution in [3.63, 3.8) is 0 Å². The molecule has 0 fully saturated rings. The van der Waals surface area contributed by atoms with Gasteiger partial charge in [-0.2, -0.15) is 8.78 Å². The summed E-state index contributed by atoms with van der Waals surface area (Å²) in [5.74, 6) is -1.59. The Morgan fingerprint density at radius 3 is 2.12 bits per heavy atom. The Morgan fingerprint density at radius 1 is 0.853 bits per heavy atom. The number of rotatable bonds is 7. The van der Waals surface area contributed by atoms with Gasteiger partial charge < -0.3 is 4.74 Å². The van der Waals surface area contributed by atoms with Crippen molar-refractivity contribution < 1.29 is 31.5 Å². The van der Waals surface area contributed by atoms with Crippen LogP contribution in [0, 0.1) is 13.8 Å². The standard InChI is InChI=1S/C23H21F2N3O5S/c1-14-6-11-20(15(2)12-14)28-34(31,32)19-5-3-4-17(13-19)22(30)27-26-21(29)16-7-9-18(10-8-16)33-23(24)25/h3-13,23,28H,1-2H3,(H,26,29)(H,27,30). The van der Waals surface area contributed by atoms with Crippen molar-refractivity contribution in [3.8, 4) is 5.75 Å². The average molecular weight is 490 g/mol. The second-order valence-corrected chi connectivity index (χ2v) is 8.95. The van der Waals surface area contributed by atoms with Gasteiger partial charge in [0.2, 0.25) is 0 Å². The number of anilines is 1. The number of nitrogens with one attached hydrogen (secondary N) is 3. The van der Waals surface area contributed by atoms with E-state index in [1.807, 2.05) is 13.0 Å². The summed E-state index contributed by atoms with van der Waals surface area (Å²) in [5, 5.41) is 0. The molecule has 3 aromatic carbocycles. The molecule has 8 nitrogen and oxygen atoms in total. The fraction of sp³-hybridized carbons (Fsp3) is 0.130. The summed E-state index contributed by atoms with van der Waals surface area (Å²) >= 11 is 0. The lowest BCUT2D eigenvalue weighted by Crippen LogP contribution is -2.41. The molecule has 0 bridgehead atoms. The Hall–Kier alpha value is -3.99. The highest BCUT2D eigenvalue weighted by molar-refractivity contribution is 7.92. The molecule has 2 amide bonds. The molecule has 0 aliphatic rings. The molecule has 11 heteroatoms. The van der Waals surface area contributed by atoms with Gasteiger partial charge in [-0.25, -0.2) is 8.42 Å². The van der Waals surface area contributed by atoms with Gasteiger partial charge in [-0.3, -0.25) is 25.2 Å². The van der Waals surface area contributed by atoms with E-state index in [1.54, 1.807) is 19.1 Å². The van der Waals surface area contributed by atoms with Crippen LogP contribution >= 0.6 is 0 Å². The van der Waals surface area contributed by atoms with E-state index in [4.69, 9.17) is 0 Å². The third-order valence-corrected chi connectivity index (χ3v) is 6.03. The Kier molecular flexibility index (Phi) is 7.47. The molecular formula is C23H21F2N3O5S. The highest BCUT2D eigenvalue weighted by Crippen LogP contribution is 2.21. The van der Waals surface area contributed by atoms with Crippen molar-refractivity contribution in [1.82, 2.24) is 10.9 Å². The molecule has 34 heavy (non-hydrogen) atoms. The Labute approximate surface area is 195 Å². The highest BCUT2D eigenvalue weighted by Gasteiger charge is 2.18. The number of ether oxygens (including phenoxy) is 1. The fourth-order valence-electron chi connectivity index (χ4n) is 2.98. The summed E-state index contributed by atoms with van der Waals surface area (Å²) in [6.45, 7) is 0.675. The number of sulfonamides is 1. The van der Waals surface area contributed by atoms with Gasteiger partial charge in [0.05, 0.1) is 10.6 Å². The topological polar surface area (TPSA) is 114 Å². The van der Waals surface area contributed by atoms with Gasteiger partial charge in [-0.15, -0.1) is 0 Å². The second-order valence-electron chi connectivity index (χ2n) is 7.26. The van der Waals surface area contributed by atoms with Gasteiger partial charge in [-0.05, 0) is 67.9 Å². The smallest absolute Gasteiger partial charge is 0.387 e. The van der Waals surface area contributed by atoms with Crippen molar-refractivity contribution in [1.29, 1.82) is 0 Å². The van der Waals surface area contributed by atoms with Crippen LogP contribution in [0.4, 0.5) is 14.5 Å². The molecule has 3 rings (SSSR count). The number of amides is 2. The minimum atomic E-state index is -3.97. The number of hydrazine groups is 1. The van der Waals surface area contributed by atoms with Gasteiger partial charge in [0, 0.05) is 11.1 Å². The third kappa shape index (κ3) is 6.29. The maximum absolute atomic E-state index is 12.8. The second kappa shape index (κ2) is 10.3. The molecule has 0 unspecified atom stereocenters. The number of hydrogen-bond donors (Lipinski definition) is 3. The van der Waals surface area contributed by atoms with Crippen molar-refractivity contribution in [2.24, 2.45) is 0 Å². The number of hydrogen-bond acceptors (Lipinski definition) is 5. The number of aryl methyl sites for hydroxylation is 2. The predicted molar refractivity (Wildman–Crippen MR) is 121 cm³/mol. The maximum atomic E-state index is 12.8. The summed E-state index contributed by atoms with van der Waals surface area (Å²) in [7, 11) is -3.97.